The normalized spacial score (nSPS) is 10.4. The molecule has 1 rings (SSSR count). The van der Waals surface area contributed by atoms with E-state index in [1.807, 2.05) is 26.8 Å². The second-order valence-electron chi connectivity index (χ2n) is 4.42. The Kier molecular flexibility index (Phi) is 4.94. The summed E-state index contributed by atoms with van der Waals surface area (Å²) in [5.41, 5.74) is 1.57. The van der Waals surface area contributed by atoms with Gasteiger partial charge < -0.3 is 10.6 Å². The molecular weight excluding hydrogens is 219 g/mol. The van der Waals surface area contributed by atoms with Gasteiger partial charge in [-0.3, -0.25) is 4.79 Å². The average molecular weight is 238 g/mol. The quantitative estimate of drug-likeness (QED) is 0.827. The van der Waals surface area contributed by atoms with Crippen molar-refractivity contribution in [2.24, 2.45) is 0 Å². The molecule has 0 aliphatic heterocycles. The van der Waals surface area contributed by atoms with Gasteiger partial charge in [-0.25, -0.2) is 4.39 Å². The van der Waals surface area contributed by atoms with Crippen LogP contribution in [0.3, 0.4) is 0 Å². The average Bonchev–Trinajstić information content (AvgIpc) is 2.14. The Hall–Kier alpha value is -1.58. The van der Waals surface area contributed by atoms with E-state index in [0.717, 1.165) is 5.56 Å². The van der Waals surface area contributed by atoms with Crippen molar-refractivity contribution >= 4 is 11.6 Å². The van der Waals surface area contributed by atoms with Crippen LogP contribution in [0, 0.1) is 12.7 Å². The number of hydrogen-bond donors (Lipinski definition) is 2. The fourth-order valence-electron chi connectivity index (χ4n) is 1.55. The zero-order valence-corrected chi connectivity index (χ0v) is 10.5. The summed E-state index contributed by atoms with van der Waals surface area (Å²) in [5, 5.41) is 5.83. The number of carbonyl (C=O) groups excluding carboxylic acids is 1. The monoisotopic (exact) mass is 238 g/mol. The highest BCUT2D eigenvalue weighted by Gasteiger charge is 2.03. The van der Waals surface area contributed by atoms with E-state index in [4.69, 9.17) is 0 Å². The van der Waals surface area contributed by atoms with Gasteiger partial charge >= 0.3 is 0 Å². The Bertz CT molecular complexity index is 371. The van der Waals surface area contributed by atoms with Gasteiger partial charge in [0.05, 0.1) is 0 Å². The van der Waals surface area contributed by atoms with E-state index in [9.17, 15) is 9.18 Å². The van der Waals surface area contributed by atoms with Crippen LogP contribution in [0.2, 0.25) is 0 Å². The summed E-state index contributed by atoms with van der Waals surface area (Å²) < 4.78 is 13.1. The highest BCUT2D eigenvalue weighted by atomic mass is 19.1. The van der Waals surface area contributed by atoms with Gasteiger partial charge in [-0.1, -0.05) is 0 Å². The molecule has 0 bridgehead atoms. The lowest BCUT2D eigenvalue weighted by Gasteiger charge is -2.10. The summed E-state index contributed by atoms with van der Waals surface area (Å²) in [5.74, 6) is -0.264. The summed E-state index contributed by atoms with van der Waals surface area (Å²) in [6.45, 7) is 6.17. The summed E-state index contributed by atoms with van der Waals surface area (Å²) in [6.07, 6.45) is 0.383. The maximum atomic E-state index is 13.1. The second kappa shape index (κ2) is 6.23. The Morgan fingerprint density at radius 2 is 2.06 bits per heavy atom. The fourth-order valence-corrected chi connectivity index (χ4v) is 1.55. The molecular formula is C13H19FN2O. The Morgan fingerprint density at radius 3 is 2.65 bits per heavy atom. The maximum Gasteiger partial charge on any atom is 0.221 e. The van der Waals surface area contributed by atoms with E-state index in [2.05, 4.69) is 10.6 Å². The number of anilines is 1. The molecule has 2 N–H and O–H groups in total. The van der Waals surface area contributed by atoms with Crippen molar-refractivity contribution in [2.75, 3.05) is 11.9 Å². The molecule has 0 aromatic heterocycles. The molecule has 0 saturated heterocycles. The Balaban J connectivity index is 2.38. The van der Waals surface area contributed by atoms with Gasteiger partial charge in [0.25, 0.3) is 0 Å². The van der Waals surface area contributed by atoms with Gasteiger partial charge in [-0.2, -0.15) is 0 Å². The van der Waals surface area contributed by atoms with Gasteiger partial charge in [0.1, 0.15) is 5.82 Å². The van der Waals surface area contributed by atoms with Crippen molar-refractivity contribution in [3.63, 3.8) is 0 Å². The molecule has 4 heteroatoms. The topological polar surface area (TPSA) is 41.1 Å². The zero-order chi connectivity index (χ0) is 12.8. The van der Waals surface area contributed by atoms with Crippen molar-refractivity contribution in [2.45, 2.75) is 33.2 Å². The van der Waals surface area contributed by atoms with Crippen LogP contribution in [0.5, 0.6) is 0 Å². The lowest BCUT2D eigenvalue weighted by Crippen LogP contribution is -2.31. The van der Waals surface area contributed by atoms with Crippen molar-refractivity contribution in [1.29, 1.82) is 0 Å². The molecule has 0 fully saturated rings. The first-order valence-electron chi connectivity index (χ1n) is 5.78. The first kappa shape index (κ1) is 13.5. The molecule has 1 aromatic rings. The summed E-state index contributed by atoms with van der Waals surface area (Å²) in [4.78, 5) is 11.4. The van der Waals surface area contributed by atoms with Crippen LogP contribution >= 0.6 is 0 Å². The maximum absolute atomic E-state index is 13.1. The number of rotatable bonds is 5. The molecule has 0 aliphatic rings. The smallest absolute Gasteiger partial charge is 0.221 e. The first-order chi connectivity index (χ1) is 7.97. The molecule has 0 heterocycles. The van der Waals surface area contributed by atoms with E-state index >= 15 is 0 Å². The zero-order valence-electron chi connectivity index (χ0n) is 10.5. The minimum atomic E-state index is -0.265. The Labute approximate surface area is 101 Å². The summed E-state index contributed by atoms with van der Waals surface area (Å²) in [7, 11) is 0. The van der Waals surface area contributed by atoms with Gasteiger partial charge in [0, 0.05) is 24.7 Å². The van der Waals surface area contributed by atoms with Crippen molar-refractivity contribution in [3.05, 3.63) is 29.6 Å². The van der Waals surface area contributed by atoms with Crippen molar-refractivity contribution in [3.8, 4) is 0 Å². The van der Waals surface area contributed by atoms with Gasteiger partial charge in [0.2, 0.25) is 5.91 Å². The molecule has 3 nitrogen and oxygen atoms in total. The Morgan fingerprint density at radius 1 is 1.35 bits per heavy atom. The van der Waals surface area contributed by atoms with Crippen LogP contribution in [-0.4, -0.2) is 18.5 Å². The minimum Gasteiger partial charge on any atom is -0.384 e. The fraction of sp³-hybridized carbons (Fsp3) is 0.462. The standard InChI is InChI=1S/C13H19FN2O/c1-9(2)16-13(17)4-5-15-12-7-10(3)6-11(14)8-12/h6-9,15H,4-5H2,1-3H3,(H,16,17). The largest absolute Gasteiger partial charge is 0.384 e. The number of amides is 1. The molecule has 0 unspecified atom stereocenters. The van der Waals surface area contributed by atoms with Crippen LogP contribution in [0.15, 0.2) is 18.2 Å². The first-order valence-corrected chi connectivity index (χ1v) is 5.78. The van der Waals surface area contributed by atoms with Crippen LogP contribution in [0.4, 0.5) is 10.1 Å². The third-order valence-corrected chi connectivity index (χ3v) is 2.17. The molecule has 17 heavy (non-hydrogen) atoms. The minimum absolute atomic E-state index is 0.000579. The van der Waals surface area contributed by atoms with Crippen LogP contribution in [-0.2, 0) is 4.79 Å². The van der Waals surface area contributed by atoms with Crippen LogP contribution in [0.25, 0.3) is 0 Å². The number of benzene rings is 1. The molecule has 0 saturated carbocycles. The van der Waals surface area contributed by atoms with E-state index in [1.54, 1.807) is 0 Å². The summed E-state index contributed by atoms with van der Waals surface area (Å²) >= 11 is 0. The lowest BCUT2D eigenvalue weighted by atomic mass is 10.2. The highest BCUT2D eigenvalue weighted by molar-refractivity contribution is 5.76. The third-order valence-electron chi connectivity index (χ3n) is 2.17. The number of halogens is 1. The number of aryl methyl sites for hydroxylation is 1. The van der Waals surface area contributed by atoms with Crippen molar-refractivity contribution < 1.29 is 9.18 Å². The predicted molar refractivity (Wildman–Crippen MR) is 67.5 cm³/mol. The molecule has 1 amide bonds. The number of nitrogens with one attached hydrogen (secondary N) is 2. The molecule has 1 aromatic carbocycles. The highest BCUT2D eigenvalue weighted by Crippen LogP contribution is 2.12. The van der Waals surface area contributed by atoms with Gasteiger partial charge in [-0.15, -0.1) is 0 Å². The molecule has 94 valence electrons. The predicted octanol–water partition coefficient (Wildman–Crippen LogP) is 2.46. The third kappa shape index (κ3) is 5.33. The second-order valence-corrected chi connectivity index (χ2v) is 4.42. The molecule has 0 spiro atoms. The summed E-state index contributed by atoms with van der Waals surface area (Å²) in [6, 6.07) is 4.90. The van der Waals surface area contributed by atoms with Crippen LogP contribution in [0.1, 0.15) is 25.8 Å². The van der Waals surface area contributed by atoms with Gasteiger partial charge in [0.15, 0.2) is 0 Å². The van der Waals surface area contributed by atoms with Gasteiger partial charge in [-0.05, 0) is 44.5 Å². The lowest BCUT2D eigenvalue weighted by molar-refractivity contribution is -0.121. The van der Waals surface area contributed by atoms with E-state index in [-0.39, 0.29) is 17.8 Å². The molecule has 0 atom stereocenters. The number of carbonyl (C=O) groups is 1. The van der Waals surface area contributed by atoms with E-state index in [1.165, 1.54) is 12.1 Å². The van der Waals surface area contributed by atoms with E-state index in [0.29, 0.717) is 18.7 Å². The van der Waals surface area contributed by atoms with Crippen LogP contribution < -0.4 is 10.6 Å². The molecule has 0 aliphatic carbocycles. The molecule has 0 radical (unpaired) electrons. The SMILES string of the molecule is Cc1cc(F)cc(NCCC(=O)NC(C)C)c1. The number of hydrogen-bond acceptors (Lipinski definition) is 2. The van der Waals surface area contributed by atoms with E-state index < -0.39 is 0 Å². The van der Waals surface area contributed by atoms with Crippen molar-refractivity contribution in [1.82, 2.24) is 5.32 Å².